The first-order chi connectivity index (χ1) is 11.0. The minimum Gasteiger partial charge on any atom is -0.465 e. The van der Waals surface area contributed by atoms with Gasteiger partial charge in [-0.15, -0.1) is 0 Å². The highest BCUT2D eigenvalue weighted by atomic mass is 16.6. The lowest BCUT2D eigenvalue weighted by molar-refractivity contribution is 0.0132. The van der Waals surface area contributed by atoms with Gasteiger partial charge in [-0.2, -0.15) is 0 Å². The fraction of sp³-hybridized carbons (Fsp3) is 0.500. The molecule has 8 heteroatoms. The Bertz CT molecular complexity index is 597. The molecule has 0 saturated carbocycles. The molecule has 0 aromatic heterocycles. The van der Waals surface area contributed by atoms with Gasteiger partial charge in [-0.3, -0.25) is 0 Å². The van der Waals surface area contributed by atoms with E-state index < -0.39 is 29.9 Å². The van der Waals surface area contributed by atoms with E-state index in [1.54, 1.807) is 20.8 Å². The fourth-order valence-corrected chi connectivity index (χ4v) is 1.91. The second-order valence-electron chi connectivity index (χ2n) is 6.23. The number of hydrogen-bond donors (Lipinski definition) is 4. The maximum absolute atomic E-state index is 11.5. The number of nitrogens with two attached hydrogens (primary N) is 1. The van der Waals surface area contributed by atoms with Crippen LogP contribution < -0.4 is 11.1 Å². The molecule has 0 aliphatic rings. The molecule has 1 aromatic carbocycles. The lowest BCUT2D eigenvalue weighted by Gasteiger charge is -2.23. The number of nitrogen functional groups attached to an aromatic ring is 1. The molecule has 0 spiro atoms. The predicted octanol–water partition coefficient (Wildman–Crippen LogP) is 0.974. The number of carbonyl (C=O) groups is 2. The van der Waals surface area contributed by atoms with Crippen LogP contribution >= 0.6 is 0 Å². The van der Waals surface area contributed by atoms with Crippen molar-refractivity contribution < 1.29 is 29.3 Å². The van der Waals surface area contributed by atoms with Crippen molar-refractivity contribution in [1.82, 2.24) is 5.32 Å². The maximum Gasteiger partial charge on any atom is 0.407 e. The molecule has 2 unspecified atom stereocenters. The lowest BCUT2D eigenvalue weighted by atomic mass is 10.0. The molecular formula is C16H24N2O6. The molecule has 0 bridgehead atoms. The predicted molar refractivity (Wildman–Crippen MR) is 87.4 cm³/mol. The smallest absolute Gasteiger partial charge is 0.407 e. The average Bonchev–Trinajstić information content (AvgIpc) is 2.49. The summed E-state index contributed by atoms with van der Waals surface area (Å²) in [6.07, 6.45) is -3.35. The van der Waals surface area contributed by atoms with E-state index in [1.165, 1.54) is 25.3 Å². The summed E-state index contributed by atoms with van der Waals surface area (Å²) in [6, 6.07) is 4.19. The third-order valence-corrected chi connectivity index (χ3v) is 3.05. The second-order valence-corrected chi connectivity index (χ2v) is 6.23. The van der Waals surface area contributed by atoms with E-state index in [2.05, 4.69) is 10.1 Å². The van der Waals surface area contributed by atoms with Gasteiger partial charge in [0.1, 0.15) is 17.8 Å². The zero-order chi connectivity index (χ0) is 18.5. The van der Waals surface area contributed by atoms with E-state index in [1.807, 2.05) is 0 Å². The number of carbonyl (C=O) groups excluding carboxylic acids is 2. The molecule has 1 amide bonds. The molecule has 8 nitrogen and oxygen atoms in total. The maximum atomic E-state index is 11.5. The number of ether oxygens (including phenoxy) is 2. The summed E-state index contributed by atoms with van der Waals surface area (Å²) in [5, 5.41) is 22.5. The molecule has 0 saturated heterocycles. The van der Waals surface area contributed by atoms with Crippen LogP contribution in [0.5, 0.6) is 0 Å². The van der Waals surface area contributed by atoms with Gasteiger partial charge in [0.25, 0.3) is 0 Å². The van der Waals surface area contributed by atoms with E-state index in [9.17, 15) is 19.8 Å². The summed E-state index contributed by atoms with van der Waals surface area (Å²) in [4.78, 5) is 23.0. The summed E-state index contributed by atoms with van der Waals surface area (Å²) in [6.45, 7) is 4.90. The normalized spacial score (nSPS) is 13.8. The molecule has 1 rings (SSSR count). The van der Waals surface area contributed by atoms with Gasteiger partial charge < -0.3 is 30.7 Å². The number of anilines is 1. The van der Waals surface area contributed by atoms with Gasteiger partial charge in [-0.05, 0) is 32.9 Å². The minimum atomic E-state index is -1.34. The molecule has 5 N–H and O–H groups in total. The van der Waals surface area contributed by atoms with Crippen LogP contribution in [0.3, 0.4) is 0 Å². The number of aliphatic hydroxyl groups is 2. The van der Waals surface area contributed by atoms with Crippen molar-refractivity contribution in [3.63, 3.8) is 0 Å². The van der Waals surface area contributed by atoms with Crippen LogP contribution in [0.2, 0.25) is 0 Å². The van der Waals surface area contributed by atoms with Crippen LogP contribution in [0.4, 0.5) is 10.5 Å². The molecule has 0 heterocycles. The van der Waals surface area contributed by atoms with Crippen molar-refractivity contribution in [3.05, 3.63) is 29.3 Å². The Kier molecular flexibility index (Phi) is 6.56. The highest BCUT2D eigenvalue weighted by molar-refractivity contribution is 5.90. The highest BCUT2D eigenvalue weighted by Crippen LogP contribution is 2.24. The van der Waals surface area contributed by atoms with Gasteiger partial charge in [0.05, 0.1) is 12.7 Å². The summed E-state index contributed by atoms with van der Waals surface area (Å²) < 4.78 is 9.61. The SMILES string of the molecule is COC(=O)c1ccc(C(O)C(O)CNC(=O)OC(C)(C)C)c(N)c1. The number of amides is 1. The van der Waals surface area contributed by atoms with Crippen molar-refractivity contribution >= 4 is 17.7 Å². The summed E-state index contributed by atoms with van der Waals surface area (Å²) in [5.41, 5.74) is 5.73. The molecule has 0 radical (unpaired) electrons. The van der Waals surface area contributed by atoms with E-state index in [4.69, 9.17) is 10.5 Å². The van der Waals surface area contributed by atoms with Crippen molar-refractivity contribution in [1.29, 1.82) is 0 Å². The second kappa shape index (κ2) is 7.98. The van der Waals surface area contributed by atoms with Crippen molar-refractivity contribution in [2.75, 3.05) is 19.4 Å². The quantitative estimate of drug-likeness (QED) is 0.464. The van der Waals surface area contributed by atoms with Gasteiger partial charge in [0.15, 0.2) is 0 Å². The van der Waals surface area contributed by atoms with E-state index in [0.717, 1.165) is 0 Å². The number of hydrogen-bond acceptors (Lipinski definition) is 7. The van der Waals surface area contributed by atoms with Crippen LogP contribution in [0, 0.1) is 0 Å². The van der Waals surface area contributed by atoms with Crippen molar-refractivity contribution in [2.45, 2.75) is 38.6 Å². The van der Waals surface area contributed by atoms with Crippen LogP contribution in [0.1, 0.15) is 42.8 Å². The van der Waals surface area contributed by atoms with E-state index in [-0.39, 0.29) is 23.4 Å². The Morgan fingerprint density at radius 2 is 1.92 bits per heavy atom. The van der Waals surface area contributed by atoms with Gasteiger partial charge >= 0.3 is 12.1 Å². The van der Waals surface area contributed by atoms with Crippen molar-refractivity contribution in [3.8, 4) is 0 Å². The van der Waals surface area contributed by atoms with Gasteiger partial charge in [-0.1, -0.05) is 6.07 Å². The first-order valence-corrected chi connectivity index (χ1v) is 7.36. The minimum absolute atomic E-state index is 0.127. The Balaban J connectivity index is 2.70. The van der Waals surface area contributed by atoms with Crippen LogP contribution in [0.15, 0.2) is 18.2 Å². The van der Waals surface area contributed by atoms with E-state index in [0.29, 0.717) is 0 Å². The molecule has 0 aliphatic carbocycles. The molecule has 0 fully saturated rings. The van der Waals surface area contributed by atoms with Crippen LogP contribution in [-0.2, 0) is 9.47 Å². The Hall–Kier alpha value is -2.32. The first-order valence-electron chi connectivity index (χ1n) is 7.36. The third-order valence-electron chi connectivity index (χ3n) is 3.05. The van der Waals surface area contributed by atoms with Gasteiger partial charge in [0.2, 0.25) is 0 Å². The van der Waals surface area contributed by atoms with Crippen LogP contribution in [-0.4, -0.2) is 47.6 Å². The number of rotatable bonds is 5. The Morgan fingerprint density at radius 3 is 2.42 bits per heavy atom. The van der Waals surface area contributed by atoms with Gasteiger partial charge in [-0.25, -0.2) is 9.59 Å². The molecule has 1 aromatic rings. The molecule has 0 aliphatic heterocycles. The highest BCUT2D eigenvalue weighted by Gasteiger charge is 2.23. The largest absolute Gasteiger partial charge is 0.465 e. The zero-order valence-corrected chi connectivity index (χ0v) is 14.2. The molecular weight excluding hydrogens is 316 g/mol. The number of nitrogens with one attached hydrogen (secondary N) is 1. The average molecular weight is 340 g/mol. The number of benzene rings is 1. The van der Waals surface area contributed by atoms with Gasteiger partial charge in [0, 0.05) is 17.8 Å². The number of alkyl carbamates (subject to hydrolysis) is 1. The van der Waals surface area contributed by atoms with E-state index >= 15 is 0 Å². The summed E-state index contributed by atoms with van der Waals surface area (Å²) in [7, 11) is 1.24. The van der Waals surface area contributed by atoms with Crippen molar-refractivity contribution in [2.24, 2.45) is 0 Å². The zero-order valence-electron chi connectivity index (χ0n) is 14.2. The Morgan fingerprint density at radius 1 is 1.29 bits per heavy atom. The number of aliphatic hydroxyl groups excluding tert-OH is 2. The number of esters is 1. The molecule has 134 valence electrons. The summed E-state index contributed by atoms with van der Waals surface area (Å²) in [5.74, 6) is -0.560. The monoisotopic (exact) mass is 340 g/mol. The summed E-state index contributed by atoms with van der Waals surface area (Å²) >= 11 is 0. The topological polar surface area (TPSA) is 131 Å². The fourth-order valence-electron chi connectivity index (χ4n) is 1.91. The first kappa shape index (κ1) is 19.7. The lowest BCUT2D eigenvalue weighted by Crippen LogP contribution is -2.39. The molecule has 2 atom stereocenters. The molecule has 24 heavy (non-hydrogen) atoms. The number of methoxy groups -OCH3 is 1. The Labute approximate surface area is 140 Å². The van der Waals surface area contributed by atoms with Crippen LogP contribution in [0.25, 0.3) is 0 Å². The standard InChI is InChI=1S/C16H24N2O6/c1-16(2,3)24-15(22)18-8-12(19)13(20)10-6-5-9(7-11(10)17)14(21)23-4/h5-7,12-13,19-20H,8,17H2,1-4H3,(H,18,22). The third kappa shape index (κ3) is 5.71.